The van der Waals surface area contributed by atoms with Crippen LogP contribution in [0.2, 0.25) is 0 Å². The van der Waals surface area contributed by atoms with E-state index in [0.717, 1.165) is 61.6 Å². The number of hydrogen-bond donors (Lipinski definition) is 2. The van der Waals surface area contributed by atoms with Crippen molar-refractivity contribution in [3.05, 3.63) is 48.2 Å². The highest BCUT2D eigenvalue weighted by molar-refractivity contribution is 5.63. The summed E-state index contributed by atoms with van der Waals surface area (Å²) in [7, 11) is 0. The Morgan fingerprint density at radius 3 is 2.97 bits per heavy atom. The topological polar surface area (TPSA) is 89.2 Å². The standard InChI is InChI=1S/C25H38N6O.H2/c1-4-19(3)32-14-11-22-10-6-7-13-31(22)24-15-23(28-18-20-9-8-12-27-17-20)29-25(30-24)21(5-2)16-26;/h8-9,12,15-17,19,22H,4-7,10-11,13-14,18,26H2,1-3H3,(H,28,29,30);1H/b21-16-;/t19?,22-;/m0./s1. The second-order valence-electron chi connectivity index (χ2n) is 8.42. The van der Waals surface area contributed by atoms with Crippen LogP contribution in [0.1, 0.15) is 72.1 Å². The average Bonchev–Trinajstić information content (AvgIpc) is 2.84. The lowest BCUT2D eigenvalue weighted by Crippen LogP contribution is -2.41. The summed E-state index contributed by atoms with van der Waals surface area (Å²) in [6.07, 6.45) is 12.0. The molecule has 1 unspecified atom stereocenters. The zero-order chi connectivity index (χ0) is 22.8. The van der Waals surface area contributed by atoms with Gasteiger partial charge in [0, 0.05) is 57.4 Å². The minimum atomic E-state index is 0. The number of nitrogens with zero attached hydrogens (tertiary/aromatic N) is 4. The smallest absolute Gasteiger partial charge is 0.161 e. The third-order valence-electron chi connectivity index (χ3n) is 6.13. The maximum atomic E-state index is 5.98. The highest BCUT2D eigenvalue weighted by Gasteiger charge is 2.25. The Morgan fingerprint density at radius 1 is 1.38 bits per heavy atom. The molecule has 2 atom stereocenters. The molecule has 0 saturated carbocycles. The van der Waals surface area contributed by atoms with Crippen molar-refractivity contribution in [2.45, 2.75) is 78.0 Å². The number of allylic oxidation sites excluding steroid dienone is 1. The number of aromatic nitrogens is 3. The van der Waals surface area contributed by atoms with Gasteiger partial charge in [0.2, 0.25) is 0 Å². The Hall–Kier alpha value is -2.67. The fourth-order valence-corrected chi connectivity index (χ4v) is 3.99. The van der Waals surface area contributed by atoms with Gasteiger partial charge in [-0.15, -0.1) is 0 Å². The third-order valence-corrected chi connectivity index (χ3v) is 6.13. The molecule has 0 bridgehead atoms. The first-order valence-electron chi connectivity index (χ1n) is 12.0. The predicted molar refractivity (Wildman–Crippen MR) is 133 cm³/mol. The summed E-state index contributed by atoms with van der Waals surface area (Å²) in [4.78, 5) is 16.3. The lowest BCUT2D eigenvalue weighted by atomic mass is 9.99. The molecular formula is C25H40N6O. The van der Waals surface area contributed by atoms with Gasteiger partial charge in [-0.3, -0.25) is 4.98 Å². The first-order chi connectivity index (χ1) is 15.6. The van der Waals surface area contributed by atoms with Gasteiger partial charge in [0.05, 0.1) is 6.10 Å². The van der Waals surface area contributed by atoms with E-state index in [1.54, 1.807) is 12.4 Å². The van der Waals surface area contributed by atoms with Gasteiger partial charge in [0.1, 0.15) is 11.6 Å². The number of rotatable bonds is 11. The number of nitrogens with one attached hydrogen (secondary N) is 1. The summed E-state index contributed by atoms with van der Waals surface area (Å²) >= 11 is 0. The summed E-state index contributed by atoms with van der Waals surface area (Å²) in [6, 6.07) is 6.49. The second-order valence-corrected chi connectivity index (χ2v) is 8.42. The van der Waals surface area contributed by atoms with Crippen molar-refractivity contribution in [2.75, 3.05) is 23.4 Å². The molecule has 2 aromatic rings. The Morgan fingerprint density at radius 2 is 2.25 bits per heavy atom. The van der Waals surface area contributed by atoms with Crippen LogP contribution in [0.4, 0.5) is 11.6 Å². The molecule has 3 heterocycles. The van der Waals surface area contributed by atoms with Crippen LogP contribution in [0.5, 0.6) is 0 Å². The molecule has 0 aromatic carbocycles. The van der Waals surface area contributed by atoms with Crippen LogP contribution >= 0.6 is 0 Å². The van der Waals surface area contributed by atoms with Crippen LogP contribution in [-0.4, -0.2) is 40.2 Å². The van der Waals surface area contributed by atoms with Gasteiger partial charge in [0.25, 0.3) is 0 Å². The number of piperidine rings is 1. The molecule has 7 heteroatoms. The zero-order valence-corrected chi connectivity index (χ0v) is 19.8. The minimum Gasteiger partial charge on any atom is -0.404 e. The number of ether oxygens (including phenoxy) is 1. The van der Waals surface area contributed by atoms with Gasteiger partial charge in [-0.2, -0.15) is 0 Å². The Bertz CT molecular complexity index is 863. The van der Waals surface area contributed by atoms with Gasteiger partial charge in [-0.1, -0.05) is 19.9 Å². The molecule has 1 aliphatic rings. The average molecular weight is 441 g/mol. The highest BCUT2D eigenvalue weighted by atomic mass is 16.5. The van der Waals surface area contributed by atoms with Gasteiger partial charge in [-0.25, -0.2) is 9.97 Å². The summed E-state index contributed by atoms with van der Waals surface area (Å²) < 4.78 is 5.98. The van der Waals surface area contributed by atoms with Gasteiger partial charge in [0.15, 0.2) is 5.82 Å². The monoisotopic (exact) mass is 440 g/mol. The number of anilines is 2. The van der Waals surface area contributed by atoms with Crippen LogP contribution in [0.15, 0.2) is 36.8 Å². The molecule has 176 valence electrons. The van der Waals surface area contributed by atoms with Crippen molar-refractivity contribution < 1.29 is 6.16 Å². The fourth-order valence-electron chi connectivity index (χ4n) is 3.99. The van der Waals surface area contributed by atoms with E-state index in [9.17, 15) is 0 Å². The lowest BCUT2D eigenvalue weighted by molar-refractivity contribution is 0.0573. The molecule has 3 rings (SSSR count). The van der Waals surface area contributed by atoms with E-state index in [-0.39, 0.29) is 1.43 Å². The van der Waals surface area contributed by atoms with E-state index in [1.807, 2.05) is 12.3 Å². The lowest BCUT2D eigenvalue weighted by Gasteiger charge is -2.37. The maximum Gasteiger partial charge on any atom is 0.161 e. The molecule has 1 aliphatic heterocycles. The fraction of sp³-hybridized carbons (Fsp3) is 0.560. The molecule has 7 nitrogen and oxygen atoms in total. The first kappa shape index (κ1) is 24.0. The molecule has 3 N–H and O–H groups in total. The Labute approximate surface area is 194 Å². The van der Waals surface area contributed by atoms with E-state index >= 15 is 0 Å². The van der Waals surface area contributed by atoms with E-state index in [4.69, 9.17) is 20.4 Å². The van der Waals surface area contributed by atoms with Gasteiger partial charge < -0.3 is 20.7 Å². The molecule has 2 aromatic heterocycles. The van der Waals surface area contributed by atoms with Crippen LogP contribution < -0.4 is 16.0 Å². The van der Waals surface area contributed by atoms with E-state index in [1.165, 1.54) is 12.8 Å². The van der Waals surface area contributed by atoms with Crippen molar-refractivity contribution in [3.63, 3.8) is 0 Å². The van der Waals surface area contributed by atoms with Crippen LogP contribution in [0.3, 0.4) is 0 Å². The van der Waals surface area contributed by atoms with Crippen molar-refractivity contribution in [1.82, 2.24) is 15.0 Å². The van der Waals surface area contributed by atoms with E-state index in [2.05, 4.69) is 48.1 Å². The molecule has 0 aliphatic carbocycles. The van der Waals surface area contributed by atoms with Crippen molar-refractivity contribution >= 4 is 17.2 Å². The summed E-state index contributed by atoms with van der Waals surface area (Å²) in [5, 5.41) is 3.45. The number of hydrogen-bond acceptors (Lipinski definition) is 7. The van der Waals surface area contributed by atoms with Crippen molar-refractivity contribution in [1.29, 1.82) is 0 Å². The second kappa shape index (κ2) is 12.4. The summed E-state index contributed by atoms with van der Waals surface area (Å²) in [5.41, 5.74) is 7.95. The summed E-state index contributed by atoms with van der Waals surface area (Å²) in [6.45, 7) is 8.82. The largest absolute Gasteiger partial charge is 0.404 e. The van der Waals surface area contributed by atoms with Crippen LogP contribution in [0, 0.1) is 0 Å². The SMILES string of the molecule is CC/C(=C/N)c1nc(NCc2cccnc2)cc(N2CCCC[C@H]2CCOC(C)CC)n1.[HH]. The molecule has 0 amide bonds. The maximum absolute atomic E-state index is 5.98. The zero-order valence-electron chi connectivity index (χ0n) is 19.8. The molecule has 1 saturated heterocycles. The summed E-state index contributed by atoms with van der Waals surface area (Å²) in [5.74, 6) is 2.47. The van der Waals surface area contributed by atoms with E-state index in [0.29, 0.717) is 24.5 Å². The molecule has 0 radical (unpaired) electrons. The number of pyridine rings is 1. The van der Waals surface area contributed by atoms with Gasteiger partial charge in [-0.05, 0) is 57.1 Å². The number of nitrogens with two attached hydrogens (primary N) is 1. The van der Waals surface area contributed by atoms with Gasteiger partial charge >= 0.3 is 0 Å². The molecule has 32 heavy (non-hydrogen) atoms. The minimum absolute atomic E-state index is 0. The first-order valence-corrected chi connectivity index (χ1v) is 12.0. The van der Waals surface area contributed by atoms with Crippen molar-refractivity contribution in [3.8, 4) is 0 Å². The molecule has 1 fully saturated rings. The van der Waals surface area contributed by atoms with Crippen LogP contribution in [-0.2, 0) is 11.3 Å². The highest BCUT2D eigenvalue weighted by Crippen LogP contribution is 2.28. The predicted octanol–water partition coefficient (Wildman–Crippen LogP) is 5.00. The third kappa shape index (κ3) is 6.66. The molecule has 0 spiro atoms. The quantitative estimate of drug-likeness (QED) is 0.508. The van der Waals surface area contributed by atoms with E-state index < -0.39 is 0 Å². The van der Waals surface area contributed by atoms with Crippen molar-refractivity contribution in [2.24, 2.45) is 5.73 Å². The normalized spacial score (nSPS) is 17.9. The Kier molecular flexibility index (Phi) is 9.28. The Balaban J connectivity index is 0.00000385. The van der Waals surface area contributed by atoms with Crippen LogP contribution in [0.25, 0.3) is 5.57 Å². The molecular weight excluding hydrogens is 400 g/mol.